The Labute approximate surface area is 160 Å². The number of esters is 1. The average molecular weight is 362 g/mol. The molecule has 0 atom stereocenters. The van der Waals surface area contributed by atoms with Crippen LogP contribution in [0.4, 0.5) is 0 Å². The molecule has 140 valence electrons. The van der Waals surface area contributed by atoms with E-state index in [1.165, 1.54) is 44.1 Å². The monoisotopic (exact) mass is 362 g/mol. The number of carbonyl (C=O) groups is 1. The lowest BCUT2D eigenvalue weighted by molar-refractivity contribution is -0.00618. The quantitative estimate of drug-likeness (QED) is 0.541. The van der Waals surface area contributed by atoms with Crippen LogP contribution in [0.1, 0.15) is 54.4 Å². The predicted octanol–water partition coefficient (Wildman–Crippen LogP) is 5.38. The highest BCUT2D eigenvalue weighted by molar-refractivity contribution is 5.91. The maximum atomic E-state index is 12.7. The first kappa shape index (κ1) is 16.9. The molecule has 0 aliphatic heterocycles. The Morgan fingerprint density at radius 1 is 0.926 bits per heavy atom. The fourth-order valence-corrected chi connectivity index (χ4v) is 6.34. The minimum absolute atomic E-state index is 0.184. The van der Waals surface area contributed by atoms with Gasteiger partial charge in [0.05, 0.1) is 12.7 Å². The lowest BCUT2D eigenvalue weighted by Crippen LogP contribution is -2.48. The summed E-state index contributed by atoms with van der Waals surface area (Å²) in [7, 11) is 1.74. The van der Waals surface area contributed by atoms with Gasteiger partial charge in [-0.1, -0.05) is 18.2 Å². The highest BCUT2D eigenvalue weighted by atomic mass is 16.5. The molecule has 3 heteroatoms. The molecule has 0 aromatic heterocycles. The normalized spacial score (nSPS) is 30.9. The third-order valence-corrected chi connectivity index (χ3v) is 7.00. The number of benzene rings is 2. The minimum Gasteiger partial charge on any atom is -0.496 e. The van der Waals surface area contributed by atoms with E-state index in [4.69, 9.17) is 9.47 Å². The molecular weight excluding hydrogens is 336 g/mol. The van der Waals surface area contributed by atoms with Crippen molar-refractivity contribution in [2.45, 2.75) is 43.9 Å². The summed E-state index contributed by atoms with van der Waals surface area (Å²) in [6.07, 6.45) is 7.93. The molecule has 0 unspecified atom stereocenters. The molecule has 6 rings (SSSR count). The van der Waals surface area contributed by atoms with E-state index in [9.17, 15) is 4.79 Å². The van der Waals surface area contributed by atoms with Crippen molar-refractivity contribution in [1.82, 2.24) is 0 Å². The van der Waals surface area contributed by atoms with Crippen LogP contribution in [0.15, 0.2) is 48.5 Å². The average Bonchev–Trinajstić information content (AvgIpc) is 2.67. The van der Waals surface area contributed by atoms with Gasteiger partial charge in [-0.15, -0.1) is 0 Å². The molecule has 0 amide bonds. The van der Waals surface area contributed by atoms with Crippen LogP contribution in [0.5, 0.6) is 11.5 Å². The van der Waals surface area contributed by atoms with E-state index in [0.717, 1.165) is 23.5 Å². The summed E-state index contributed by atoms with van der Waals surface area (Å²) in [5, 5.41) is 0. The number of carbonyl (C=O) groups excluding carboxylic acids is 1. The van der Waals surface area contributed by atoms with Crippen LogP contribution in [0, 0.1) is 17.8 Å². The second kappa shape index (κ2) is 6.40. The molecular formula is C24H26O3. The number of rotatable bonds is 4. The van der Waals surface area contributed by atoms with Gasteiger partial charge in [-0.05, 0) is 92.0 Å². The van der Waals surface area contributed by atoms with Crippen molar-refractivity contribution in [2.75, 3.05) is 7.11 Å². The van der Waals surface area contributed by atoms with Gasteiger partial charge < -0.3 is 9.47 Å². The maximum absolute atomic E-state index is 12.7. The summed E-state index contributed by atoms with van der Waals surface area (Å²) in [6.45, 7) is 0. The molecule has 0 N–H and O–H groups in total. The van der Waals surface area contributed by atoms with Crippen molar-refractivity contribution in [3.63, 3.8) is 0 Å². The summed E-state index contributed by atoms with van der Waals surface area (Å²) >= 11 is 0. The molecule has 27 heavy (non-hydrogen) atoms. The van der Waals surface area contributed by atoms with Crippen molar-refractivity contribution in [3.8, 4) is 11.5 Å². The zero-order valence-corrected chi connectivity index (χ0v) is 15.8. The second-order valence-electron chi connectivity index (χ2n) is 8.82. The lowest BCUT2D eigenvalue weighted by atomic mass is 9.48. The maximum Gasteiger partial charge on any atom is 0.343 e. The number of hydrogen-bond donors (Lipinski definition) is 0. The van der Waals surface area contributed by atoms with Gasteiger partial charge in [0, 0.05) is 5.56 Å². The molecule has 0 saturated heterocycles. The van der Waals surface area contributed by atoms with Gasteiger partial charge in [0.15, 0.2) is 0 Å². The van der Waals surface area contributed by atoms with Gasteiger partial charge in [0.1, 0.15) is 11.5 Å². The van der Waals surface area contributed by atoms with Gasteiger partial charge >= 0.3 is 5.97 Å². The number of methoxy groups -OCH3 is 1. The van der Waals surface area contributed by atoms with Gasteiger partial charge in [0.2, 0.25) is 0 Å². The molecule has 0 radical (unpaired) electrons. The SMILES string of the molecule is COc1ccc(C(=O)Oc2ccccc2)cc1C12CC3CC(CC(C3)C1)C2. The Kier molecular flexibility index (Phi) is 3.99. The van der Waals surface area contributed by atoms with Crippen LogP contribution in [0.3, 0.4) is 0 Å². The number of hydrogen-bond acceptors (Lipinski definition) is 3. The van der Waals surface area contributed by atoms with E-state index in [-0.39, 0.29) is 11.4 Å². The molecule has 0 spiro atoms. The molecule has 4 saturated carbocycles. The topological polar surface area (TPSA) is 35.5 Å². The third kappa shape index (κ3) is 2.93. The minimum atomic E-state index is -0.296. The zero-order valence-electron chi connectivity index (χ0n) is 15.8. The van der Waals surface area contributed by atoms with E-state index in [1.54, 1.807) is 19.2 Å². The van der Waals surface area contributed by atoms with Gasteiger partial charge in [-0.25, -0.2) is 4.79 Å². The number of ether oxygens (including phenoxy) is 2. The molecule has 4 aliphatic carbocycles. The summed E-state index contributed by atoms with van der Waals surface area (Å²) in [5.74, 6) is 3.75. The van der Waals surface area contributed by atoms with Crippen LogP contribution in [-0.4, -0.2) is 13.1 Å². The first-order valence-electron chi connectivity index (χ1n) is 10.1. The Hall–Kier alpha value is -2.29. The van der Waals surface area contributed by atoms with Crippen LogP contribution in [0.25, 0.3) is 0 Å². The molecule has 4 bridgehead atoms. The van der Waals surface area contributed by atoms with Crippen molar-refractivity contribution >= 4 is 5.97 Å². The van der Waals surface area contributed by atoms with Crippen molar-refractivity contribution in [3.05, 3.63) is 59.7 Å². The van der Waals surface area contributed by atoms with E-state index in [1.807, 2.05) is 30.3 Å². The van der Waals surface area contributed by atoms with Crippen LogP contribution in [-0.2, 0) is 5.41 Å². The lowest BCUT2D eigenvalue weighted by Gasteiger charge is -2.57. The Morgan fingerprint density at radius 3 is 2.15 bits per heavy atom. The first-order valence-corrected chi connectivity index (χ1v) is 10.1. The molecule has 4 aliphatic rings. The molecule has 2 aromatic rings. The zero-order chi connectivity index (χ0) is 18.4. The molecule has 0 heterocycles. The number of para-hydroxylation sites is 1. The van der Waals surface area contributed by atoms with Gasteiger partial charge in [-0.2, -0.15) is 0 Å². The largest absolute Gasteiger partial charge is 0.496 e. The van der Waals surface area contributed by atoms with Gasteiger partial charge in [0.25, 0.3) is 0 Å². The Bertz CT molecular complexity index is 820. The van der Waals surface area contributed by atoms with E-state index >= 15 is 0 Å². The smallest absolute Gasteiger partial charge is 0.343 e. The molecule has 4 fully saturated rings. The summed E-state index contributed by atoms with van der Waals surface area (Å²) in [6, 6.07) is 15.1. The predicted molar refractivity (Wildman–Crippen MR) is 104 cm³/mol. The molecule has 3 nitrogen and oxygen atoms in total. The van der Waals surface area contributed by atoms with Crippen molar-refractivity contribution < 1.29 is 14.3 Å². The third-order valence-electron chi connectivity index (χ3n) is 7.00. The second-order valence-corrected chi connectivity index (χ2v) is 8.82. The Balaban J connectivity index is 1.49. The summed E-state index contributed by atoms with van der Waals surface area (Å²) in [4.78, 5) is 12.7. The van der Waals surface area contributed by atoms with Crippen LogP contribution in [0.2, 0.25) is 0 Å². The highest BCUT2D eigenvalue weighted by Gasteiger charge is 2.52. The van der Waals surface area contributed by atoms with E-state index in [0.29, 0.717) is 11.3 Å². The summed E-state index contributed by atoms with van der Waals surface area (Å²) < 4.78 is 11.3. The fourth-order valence-electron chi connectivity index (χ4n) is 6.34. The van der Waals surface area contributed by atoms with E-state index < -0.39 is 0 Å². The standard InChI is InChI=1S/C24H26O3/c1-26-22-8-7-19(23(25)27-20-5-3-2-4-6-20)12-21(22)24-13-16-9-17(14-24)11-18(10-16)15-24/h2-8,12,16-18H,9-11,13-15H2,1H3. The first-order chi connectivity index (χ1) is 13.1. The highest BCUT2D eigenvalue weighted by Crippen LogP contribution is 2.61. The Morgan fingerprint density at radius 2 is 1.56 bits per heavy atom. The summed E-state index contributed by atoms with van der Waals surface area (Å²) in [5.41, 5.74) is 2.03. The van der Waals surface area contributed by atoms with Crippen LogP contribution < -0.4 is 9.47 Å². The fraction of sp³-hybridized carbons (Fsp3) is 0.458. The van der Waals surface area contributed by atoms with Crippen molar-refractivity contribution in [2.24, 2.45) is 17.8 Å². The van der Waals surface area contributed by atoms with Crippen LogP contribution >= 0.6 is 0 Å². The molecule has 2 aromatic carbocycles. The van der Waals surface area contributed by atoms with Crippen molar-refractivity contribution in [1.29, 1.82) is 0 Å². The van der Waals surface area contributed by atoms with Gasteiger partial charge in [-0.3, -0.25) is 0 Å². The van der Waals surface area contributed by atoms with E-state index in [2.05, 4.69) is 6.07 Å².